The van der Waals surface area contributed by atoms with Gasteiger partial charge in [0.15, 0.2) is 0 Å². The van der Waals surface area contributed by atoms with E-state index in [1.807, 2.05) is 11.9 Å². The van der Waals surface area contributed by atoms with E-state index in [1.165, 1.54) is 6.20 Å². The highest BCUT2D eigenvalue weighted by Gasteiger charge is 2.38. The van der Waals surface area contributed by atoms with Crippen LogP contribution in [0.5, 0.6) is 6.01 Å². The lowest BCUT2D eigenvalue weighted by molar-refractivity contribution is -0.137. The van der Waals surface area contributed by atoms with Crippen molar-refractivity contribution in [3.63, 3.8) is 0 Å². The van der Waals surface area contributed by atoms with Crippen molar-refractivity contribution in [3.05, 3.63) is 35.3 Å². The smallest absolute Gasteiger partial charge is 0.418 e. The maximum Gasteiger partial charge on any atom is 0.418 e. The first kappa shape index (κ1) is 32.5. The molecule has 3 aliphatic rings. The van der Waals surface area contributed by atoms with Gasteiger partial charge in [-0.15, -0.1) is 0 Å². The fraction of sp³-hybridized carbons (Fsp3) is 0.645. The number of alkyl halides is 3. The molecule has 14 heteroatoms. The number of carbonyl (C=O) groups is 1. The quantitative estimate of drug-likeness (QED) is 0.447. The Balaban J connectivity index is 1.48. The van der Waals surface area contributed by atoms with Crippen molar-refractivity contribution in [1.29, 1.82) is 5.26 Å². The van der Waals surface area contributed by atoms with Crippen LogP contribution in [0.15, 0.2) is 18.5 Å². The number of rotatable bonds is 6. The second-order valence-electron chi connectivity index (χ2n) is 12.9. The molecule has 5 heterocycles. The van der Waals surface area contributed by atoms with Gasteiger partial charge in [0.2, 0.25) is 0 Å². The minimum Gasteiger partial charge on any atom is -0.462 e. The summed E-state index contributed by atoms with van der Waals surface area (Å²) in [5, 5.41) is 9.61. The van der Waals surface area contributed by atoms with Crippen LogP contribution in [0, 0.1) is 11.3 Å². The molecule has 11 nitrogen and oxygen atoms in total. The number of amides is 1. The fourth-order valence-corrected chi connectivity index (χ4v) is 6.25. The number of likely N-dealkylation sites (N-methyl/N-ethyl adjacent to an activating group) is 1. The zero-order chi connectivity index (χ0) is 32.4. The molecule has 2 saturated heterocycles. The Bertz CT molecular complexity index is 1410. The van der Waals surface area contributed by atoms with Gasteiger partial charge in [0.05, 0.1) is 48.2 Å². The van der Waals surface area contributed by atoms with Crippen molar-refractivity contribution in [2.45, 2.75) is 83.3 Å². The van der Waals surface area contributed by atoms with Crippen molar-refractivity contribution < 1.29 is 27.4 Å². The normalized spacial score (nSPS) is 21.2. The number of hydrogen-bond donors (Lipinski definition) is 0. The van der Waals surface area contributed by atoms with Crippen LogP contribution in [-0.4, -0.2) is 94.9 Å². The Hall–Kier alpha value is -3.86. The van der Waals surface area contributed by atoms with Crippen LogP contribution in [0.2, 0.25) is 0 Å². The van der Waals surface area contributed by atoms with Gasteiger partial charge in [-0.25, -0.2) is 4.79 Å². The zero-order valence-corrected chi connectivity index (χ0v) is 26.3. The number of halogens is 3. The maximum atomic E-state index is 14.0. The molecule has 2 fully saturated rings. The lowest BCUT2D eigenvalue weighted by Crippen LogP contribution is -2.56. The number of likely N-dealkylation sites (tertiary alicyclic amines) is 1. The Morgan fingerprint density at radius 3 is 2.58 bits per heavy atom. The molecule has 1 unspecified atom stereocenters. The summed E-state index contributed by atoms with van der Waals surface area (Å²) in [6.45, 7) is 8.36. The summed E-state index contributed by atoms with van der Waals surface area (Å²) in [6.07, 6.45) is 0.693. The first-order valence-electron chi connectivity index (χ1n) is 15.4. The summed E-state index contributed by atoms with van der Waals surface area (Å²) in [5.74, 6) is 0.630. The molecule has 0 N–H and O–H groups in total. The van der Waals surface area contributed by atoms with E-state index < -0.39 is 29.5 Å². The summed E-state index contributed by atoms with van der Waals surface area (Å²) in [4.78, 5) is 34.2. The third-order valence-corrected chi connectivity index (χ3v) is 8.51. The van der Waals surface area contributed by atoms with Gasteiger partial charge in [0.25, 0.3) is 0 Å². The van der Waals surface area contributed by atoms with Gasteiger partial charge in [-0.3, -0.25) is 4.98 Å². The predicted octanol–water partition coefficient (Wildman–Crippen LogP) is 4.66. The lowest BCUT2D eigenvalue weighted by atomic mass is 10.1. The highest BCUT2D eigenvalue weighted by molar-refractivity contribution is 5.69. The minimum absolute atomic E-state index is 0.00752. The van der Waals surface area contributed by atoms with Gasteiger partial charge in [0, 0.05) is 44.0 Å². The number of fused-ring (bicyclic) bond motifs is 1. The van der Waals surface area contributed by atoms with E-state index in [0.29, 0.717) is 57.1 Å². The van der Waals surface area contributed by atoms with E-state index in [1.54, 1.807) is 30.6 Å². The molecule has 1 amide bonds. The predicted molar refractivity (Wildman–Crippen MR) is 161 cm³/mol. The highest BCUT2D eigenvalue weighted by Crippen LogP contribution is 2.38. The largest absolute Gasteiger partial charge is 0.462 e. The molecule has 0 bridgehead atoms. The van der Waals surface area contributed by atoms with E-state index in [0.717, 1.165) is 37.2 Å². The van der Waals surface area contributed by atoms with Crippen LogP contribution in [-0.2, 0) is 23.9 Å². The van der Waals surface area contributed by atoms with Gasteiger partial charge in [-0.2, -0.15) is 28.4 Å². The number of pyridine rings is 1. The van der Waals surface area contributed by atoms with Crippen LogP contribution in [0.4, 0.5) is 29.5 Å². The Morgan fingerprint density at radius 2 is 1.89 bits per heavy atom. The van der Waals surface area contributed by atoms with Crippen molar-refractivity contribution >= 4 is 17.6 Å². The number of hydrogen-bond acceptors (Lipinski definition) is 10. The summed E-state index contributed by atoms with van der Waals surface area (Å²) in [7, 11) is 2.05. The van der Waals surface area contributed by atoms with Gasteiger partial charge < -0.3 is 29.1 Å². The van der Waals surface area contributed by atoms with Crippen LogP contribution in [0.1, 0.15) is 63.3 Å². The molecule has 0 radical (unpaired) electrons. The Morgan fingerprint density at radius 1 is 1.09 bits per heavy atom. The number of anilines is 2. The van der Waals surface area contributed by atoms with Gasteiger partial charge in [0.1, 0.15) is 18.0 Å². The van der Waals surface area contributed by atoms with E-state index in [2.05, 4.69) is 16.0 Å². The fourth-order valence-electron chi connectivity index (χ4n) is 6.25. The summed E-state index contributed by atoms with van der Waals surface area (Å²) in [6, 6.07) is 3.14. The number of piperazine rings is 1. The third kappa shape index (κ3) is 7.69. The number of nitrogens with zero attached hydrogens (tertiary/aromatic N) is 8. The molecule has 3 aliphatic heterocycles. The van der Waals surface area contributed by atoms with Crippen LogP contribution >= 0.6 is 0 Å². The molecule has 45 heavy (non-hydrogen) atoms. The maximum absolute atomic E-state index is 14.0. The molecular formula is C31H41F3N8O3. The highest BCUT2D eigenvalue weighted by atomic mass is 19.4. The van der Waals surface area contributed by atoms with Crippen molar-refractivity contribution in [3.8, 4) is 12.1 Å². The zero-order valence-electron chi connectivity index (χ0n) is 26.3. The molecule has 0 spiro atoms. The van der Waals surface area contributed by atoms with E-state index >= 15 is 0 Å². The minimum atomic E-state index is -4.53. The second kappa shape index (κ2) is 13.2. The summed E-state index contributed by atoms with van der Waals surface area (Å²) in [5.41, 5.74) is 0.0142. The molecule has 2 atom stereocenters. The average Bonchev–Trinajstić information content (AvgIpc) is 3.26. The standard InChI is InChI=1S/C31H41F3N8O3/c1-30(2,3)45-29(43)42-16-15-41(18-21(42)9-11-35)27-23-8-6-14-40(26-17-36-12-10-24(26)31(32,33)34)19-25(23)37-28(38-27)44-20-22-7-5-13-39(22)4/h10,12,17,21-22H,5-9,13-16,18-20H2,1-4H3/t21?,22-/m0/s1. The topological polar surface area (TPSA) is 111 Å². The first-order chi connectivity index (χ1) is 21.3. The van der Waals surface area contributed by atoms with Gasteiger partial charge in [-0.05, 0) is 66.1 Å². The average molecular weight is 631 g/mol. The van der Waals surface area contributed by atoms with E-state index in [9.17, 15) is 23.2 Å². The third-order valence-electron chi connectivity index (χ3n) is 8.51. The summed E-state index contributed by atoms with van der Waals surface area (Å²) < 4.78 is 53.7. The molecule has 2 aromatic rings. The van der Waals surface area contributed by atoms with E-state index in [-0.39, 0.29) is 30.7 Å². The van der Waals surface area contributed by atoms with Crippen LogP contribution in [0.3, 0.4) is 0 Å². The van der Waals surface area contributed by atoms with Crippen LogP contribution < -0.4 is 14.5 Å². The SMILES string of the molecule is CN1CCC[C@H]1COc1nc2c(c(N3CCN(C(=O)OC(C)(C)C)C(CC#N)C3)n1)CCCN(c1cnccc1C(F)(F)F)C2. The Labute approximate surface area is 261 Å². The molecule has 5 rings (SSSR count). The van der Waals surface area contributed by atoms with Gasteiger partial charge in [-0.1, -0.05) is 0 Å². The summed E-state index contributed by atoms with van der Waals surface area (Å²) >= 11 is 0. The van der Waals surface area contributed by atoms with Crippen molar-refractivity contribution in [2.75, 3.05) is 56.2 Å². The molecule has 0 aliphatic carbocycles. The molecule has 0 saturated carbocycles. The molecule has 2 aromatic heterocycles. The monoisotopic (exact) mass is 630 g/mol. The van der Waals surface area contributed by atoms with Crippen LogP contribution in [0.25, 0.3) is 0 Å². The molecule has 0 aromatic carbocycles. The Kier molecular flexibility index (Phi) is 9.57. The second-order valence-corrected chi connectivity index (χ2v) is 12.9. The van der Waals surface area contributed by atoms with Gasteiger partial charge >= 0.3 is 18.3 Å². The van der Waals surface area contributed by atoms with E-state index in [4.69, 9.17) is 19.4 Å². The lowest BCUT2D eigenvalue weighted by Gasteiger charge is -2.42. The van der Waals surface area contributed by atoms with Crippen molar-refractivity contribution in [1.82, 2.24) is 24.8 Å². The molecular weight excluding hydrogens is 589 g/mol. The molecule has 244 valence electrons. The van der Waals surface area contributed by atoms with Crippen molar-refractivity contribution in [2.24, 2.45) is 0 Å². The number of nitriles is 1. The number of carbonyl (C=O) groups excluding carboxylic acids is 1. The number of aromatic nitrogens is 3. The number of ether oxygens (including phenoxy) is 2. The first-order valence-corrected chi connectivity index (χ1v) is 15.4.